The van der Waals surface area contributed by atoms with Gasteiger partial charge in [0.05, 0.1) is 24.0 Å². The molecule has 0 atom stereocenters. The highest BCUT2D eigenvalue weighted by atomic mass is 16.1. The Morgan fingerprint density at radius 2 is 1.89 bits per heavy atom. The van der Waals surface area contributed by atoms with Crippen LogP contribution in [-0.4, -0.2) is 22.4 Å². The molecule has 0 saturated carbocycles. The number of nitrogens with zero attached hydrogens (tertiary/aromatic N) is 3. The van der Waals surface area contributed by atoms with Gasteiger partial charge >= 0.3 is 0 Å². The number of benzene rings is 2. The van der Waals surface area contributed by atoms with Crippen molar-refractivity contribution in [3.8, 4) is 6.07 Å². The van der Waals surface area contributed by atoms with Crippen LogP contribution in [0.25, 0.3) is 0 Å². The molecule has 134 valence electrons. The van der Waals surface area contributed by atoms with Gasteiger partial charge in [-0.05, 0) is 36.6 Å². The Hall–Kier alpha value is -3.72. The van der Waals surface area contributed by atoms with E-state index in [2.05, 4.69) is 32.7 Å². The zero-order valence-electron chi connectivity index (χ0n) is 14.7. The van der Waals surface area contributed by atoms with E-state index in [1.165, 1.54) is 11.8 Å². The molecule has 3 aromatic rings. The number of anilines is 2. The Bertz CT molecular complexity index is 933. The van der Waals surface area contributed by atoms with Gasteiger partial charge in [0.25, 0.3) is 5.91 Å². The SMILES string of the molecule is N#Cc1cccc(NC(=O)c2cnc(NCCCc3ccccc3)cn2)c1. The molecule has 2 aromatic carbocycles. The summed E-state index contributed by atoms with van der Waals surface area (Å²) in [6.07, 6.45) is 4.94. The van der Waals surface area contributed by atoms with Gasteiger partial charge < -0.3 is 10.6 Å². The lowest BCUT2D eigenvalue weighted by atomic mass is 10.1. The first-order valence-electron chi connectivity index (χ1n) is 8.66. The van der Waals surface area contributed by atoms with Gasteiger partial charge in [-0.2, -0.15) is 5.26 Å². The zero-order valence-corrected chi connectivity index (χ0v) is 14.7. The Balaban J connectivity index is 1.49. The number of carbonyl (C=O) groups is 1. The van der Waals surface area contributed by atoms with Crippen LogP contribution in [0.3, 0.4) is 0 Å². The summed E-state index contributed by atoms with van der Waals surface area (Å²) >= 11 is 0. The second-order valence-corrected chi connectivity index (χ2v) is 5.95. The van der Waals surface area contributed by atoms with Crippen molar-refractivity contribution in [2.24, 2.45) is 0 Å². The monoisotopic (exact) mass is 357 g/mol. The Kier molecular flexibility index (Phi) is 6.10. The minimum absolute atomic E-state index is 0.215. The smallest absolute Gasteiger partial charge is 0.275 e. The van der Waals surface area contributed by atoms with Crippen LogP contribution in [0.15, 0.2) is 67.0 Å². The zero-order chi connectivity index (χ0) is 18.9. The van der Waals surface area contributed by atoms with E-state index in [1.54, 1.807) is 30.5 Å². The molecule has 0 radical (unpaired) electrons. The van der Waals surface area contributed by atoms with E-state index in [0.29, 0.717) is 17.1 Å². The van der Waals surface area contributed by atoms with Gasteiger partial charge in [0.2, 0.25) is 0 Å². The molecule has 0 aliphatic heterocycles. The predicted molar refractivity (Wildman–Crippen MR) is 104 cm³/mol. The summed E-state index contributed by atoms with van der Waals surface area (Å²) in [5.74, 6) is 0.263. The number of nitrogens with one attached hydrogen (secondary N) is 2. The molecule has 0 saturated heterocycles. The standard InChI is InChI=1S/C21H19N5O/c22-13-17-8-4-10-18(12-17)26-21(27)19-14-25-20(15-24-19)23-11-5-9-16-6-2-1-3-7-16/h1-4,6-8,10,12,14-15H,5,9,11H2,(H,23,25)(H,26,27). The van der Waals surface area contributed by atoms with Crippen molar-refractivity contribution in [3.05, 3.63) is 83.8 Å². The van der Waals surface area contributed by atoms with E-state index in [0.717, 1.165) is 19.4 Å². The van der Waals surface area contributed by atoms with E-state index in [1.807, 2.05) is 24.3 Å². The number of rotatable bonds is 7. The lowest BCUT2D eigenvalue weighted by molar-refractivity contribution is 0.102. The number of nitriles is 1. The quantitative estimate of drug-likeness (QED) is 0.630. The summed E-state index contributed by atoms with van der Waals surface area (Å²) in [6.45, 7) is 0.774. The maximum atomic E-state index is 12.2. The van der Waals surface area contributed by atoms with Gasteiger partial charge in [-0.3, -0.25) is 4.79 Å². The molecule has 1 heterocycles. The first-order chi connectivity index (χ1) is 13.2. The number of aromatic nitrogens is 2. The van der Waals surface area contributed by atoms with Crippen LogP contribution >= 0.6 is 0 Å². The van der Waals surface area contributed by atoms with Crippen molar-refractivity contribution in [1.29, 1.82) is 5.26 Å². The summed E-state index contributed by atoms with van der Waals surface area (Å²) in [4.78, 5) is 20.6. The molecule has 0 unspecified atom stereocenters. The van der Waals surface area contributed by atoms with E-state index in [9.17, 15) is 4.79 Å². The van der Waals surface area contributed by atoms with E-state index < -0.39 is 0 Å². The van der Waals surface area contributed by atoms with Crippen LogP contribution < -0.4 is 10.6 Å². The molecule has 1 aromatic heterocycles. The lowest BCUT2D eigenvalue weighted by Gasteiger charge is -2.07. The molecule has 6 nitrogen and oxygen atoms in total. The number of hydrogen-bond donors (Lipinski definition) is 2. The maximum absolute atomic E-state index is 12.2. The number of amides is 1. The molecule has 0 spiro atoms. The fourth-order valence-electron chi connectivity index (χ4n) is 2.55. The number of aryl methyl sites for hydroxylation is 1. The van der Waals surface area contributed by atoms with E-state index in [4.69, 9.17) is 5.26 Å². The average molecular weight is 357 g/mol. The van der Waals surface area contributed by atoms with Crippen LogP contribution in [0, 0.1) is 11.3 Å². The third kappa shape index (κ3) is 5.38. The maximum Gasteiger partial charge on any atom is 0.275 e. The van der Waals surface area contributed by atoms with Gasteiger partial charge in [0.1, 0.15) is 11.5 Å². The van der Waals surface area contributed by atoms with Crippen molar-refractivity contribution >= 4 is 17.4 Å². The second kappa shape index (κ2) is 9.11. The first kappa shape index (κ1) is 18.1. The van der Waals surface area contributed by atoms with E-state index >= 15 is 0 Å². The normalized spacial score (nSPS) is 10.0. The molecule has 0 aliphatic rings. The molecular formula is C21H19N5O. The van der Waals surface area contributed by atoms with Gasteiger partial charge in [0.15, 0.2) is 0 Å². The topological polar surface area (TPSA) is 90.7 Å². The third-order valence-corrected chi connectivity index (χ3v) is 3.93. The second-order valence-electron chi connectivity index (χ2n) is 5.95. The Morgan fingerprint density at radius 1 is 1.04 bits per heavy atom. The van der Waals surface area contributed by atoms with Crippen molar-refractivity contribution in [3.63, 3.8) is 0 Å². The molecule has 0 fully saturated rings. The summed E-state index contributed by atoms with van der Waals surface area (Å²) in [5, 5.41) is 14.8. The largest absolute Gasteiger partial charge is 0.369 e. The summed E-state index contributed by atoms with van der Waals surface area (Å²) < 4.78 is 0. The van der Waals surface area contributed by atoms with Gasteiger partial charge in [-0.15, -0.1) is 0 Å². The summed E-state index contributed by atoms with van der Waals surface area (Å²) in [6, 6.07) is 19.0. The minimum Gasteiger partial charge on any atom is -0.369 e. The fourth-order valence-corrected chi connectivity index (χ4v) is 2.55. The average Bonchev–Trinajstić information content (AvgIpc) is 2.72. The van der Waals surface area contributed by atoms with Crippen molar-refractivity contribution in [2.45, 2.75) is 12.8 Å². The molecule has 2 N–H and O–H groups in total. The summed E-state index contributed by atoms with van der Waals surface area (Å²) in [7, 11) is 0. The first-order valence-corrected chi connectivity index (χ1v) is 8.66. The van der Waals surface area contributed by atoms with E-state index in [-0.39, 0.29) is 11.6 Å². The van der Waals surface area contributed by atoms with Crippen molar-refractivity contribution < 1.29 is 4.79 Å². The van der Waals surface area contributed by atoms with Crippen molar-refractivity contribution in [1.82, 2.24) is 9.97 Å². The number of hydrogen-bond acceptors (Lipinski definition) is 5. The minimum atomic E-state index is -0.367. The molecule has 0 bridgehead atoms. The molecular weight excluding hydrogens is 338 g/mol. The fraction of sp³-hybridized carbons (Fsp3) is 0.143. The van der Waals surface area contributed by atoms with Crippen LogP contribution in [0.5, 0.6) is 0 Å². The molecule has 3 rings (SSSR count). The molecule has 27 heavy (non-hydrogen) atoms. The van der Waals surface area contributed by atoms with Crippen LogP contribution in [0.2, 0.25) is 0 Å². The van der Waals surface area contributed by atoms with Gasteiger partial charge in [-0.1, -0.05) is 36.4 Å². The highest BCUT2D eigenvalue weighted by Gasteiger charge is 2.09. The van der Waals surface area contributed by atoms with Crippen molar-refractivity contribution in [2.75, 3.05) is 17.2 Å². The highest BCUT2D eigenvalue weighted by Crippen LogP contribution is 2.11. The molecule has 6 heteroatoms. The molecule has 0 aliphatic carbocycles. The highest BCUT2D eigenvalue weighted by molar-refractivity contribution is 6.02. The summed E-state index contributed by atoms with van der Waals surface area (Å²) in [5.41, 5.74) is 2.54. The predicted octanol–water partition coefficient (Wildman–Crippen LogP) is 3.65. The van der Waals surface area contributed by atoms with Crippen LogP contribution in [0.4, 0.5) is 11.5 Å². The Labute approximate surface area is 157 Å². The van der Waals surface area contributed by atoms with Crippen LogP contribution in [-0.2, 0) is 6.42 Å². The third-order valence-electron chi connectivity index (χ3n) is 3.93. The van der Waals surface area contributed by atoms with Gasteiger partial charge in [-0.25, -0.2) is 9.97 Å². The number of carbonyl (C=O) groups excluding carboxylic acids is 1. The lowest BCUT2D eigenvalue weighted by Crippen LogP contribution is -2.14. The van der Waals surface area contributed by atoms with Gasteiger partial charge in [0, 0.05) is 12.2 Å². The van der Waals surface area contributed by atoms with Crippen LogP contribution in [0.1, 0.15) is 28.0 Å². The Morgan fingerprint density at radius 3 is 2.63 bits per heavy atom. The molecule has 1 amide bonds.